The van der Waals surface area contributed by atoms with E-state index < -0.39 is 0 Å². The first kappa shape index (κ1) is 15.4. The molecular weight excluding hydrogens is 230 g/mol. The molecule has 2 N–H and O–H groups in total. The quantitative estimate of drug-likeness (QED) is 0.695. The summed E-state index contributed by atoms with van der Waals surface area (Å²) in [6.45, 7) is 8.59. The Bertz CT molecular complexity index is 261. The molecule has 0 aromatic carbocycles. The predicted octanol–water partition coefficient (Wildman–Crippen LogP) is 0.293. The lowest BCUT2D eigenvalue weighted by Crippen LogP contribution is -2.56. The van der Waals surface area contributed by atoms with Crippen LogP contribution in [-0.2, 0) is 9.53 Å². The van der Waals surface area contributed by atoms with Crippen LogP contribution in [0.15, 0.2) is 0 Å². The number of methoxy groups -OCH3 is 1. The summed E-state index contributed by atoms with van der Waals surface area (Å²) in [6.07, 6.45) is 1.54. The Labute approximate surface area is 110 Å². The molecule has 1 rings (SSSR count). The first-order valence-electron chi connectivity index (χ1n) is 6.87. The molecule has 5 nitrogen and oxygen atoms in total. The molecule has 2 unspecified atom stereocenters. The molecule has 1 aliphatic heterocycles. The molecule has 1 saturated heterocycles. The van der Waals surface area contributed by atoms with E-state index in [2.05, 4.69) is 18.7 Å². The fourth-order valence-electron chi connectivity index (χ4n) is 2.47. The molecule has 0 aromatic heterocycles. The van der Waals surface area contributed by atoms with Crippen LogP contribution < -0.4 is 5.73 Å². The third-order valence-electron chi connectivity index (χ3n) is 3.66. The lowest BCUT2D eigenvalue weighted by atomic mass is 10.1. The van der Waals surface area contributed by atoms with Gasteiger partial charge in [0.15, 0.2) is 0 Å². The Balaban J connectivity index is 2.38. The standard InChI is InChI=1S/C13H27N3O2/c1-4-15-7-8-16(10-11(15)2)13(17)12(14)6-5-9-18-3/h11-12H,4-10,14H2,1-3H3. The molecule has 106 valence electrons. The van der Waals surface area contributed by atoms with E-state index in [0.29, 0.717) is 19.1 Å². The molecule has 18 heavy (non-hydrogen) atoms. The van der Waals surface area contributed by atoms with Crippen molar-refractivity contribution in [3.05, 3.63) is 0 Å². The van der Waals surface area contributed by atoms with Gasteiger partial charge in [0, 0.05) is 39.4 Å². The van der Waals surface area contributed by atoms with E-state index in [0.717, 1.165) is 32.6 Å². The Kier molecular flexibility index (Phi) is 6.60. The van der Waals surface area contributed by atoms with Gasteiger partial charge in [-0.05, 0) is 26.3 Å². The summed E-state index contributed by atoms with van der Waals surface area (Å²) in [6, 6.07) is 0.0550. The molecule has 1 aliphatic rings. The Morgan fingerprint density at radius 3 is 2.78 bits per heavy atom. The average Bonchev–Trinajstić information content (AvgIpc) is 2.38. The number of carbonyl (C=O) groups is 1. The topological polar surface area (TPSA) is 58.8 Å². The first-order valence-corrected chi connectivity index (χ1v) is 6.87. The molecule has 0 saturated carbocycles. The molecule has 0 aliphatic carbocycles. The number of hydrogen-bond acceptors (Lipinski definition) is 4. The van der Waals surface area contributed by atoms with Crippen LogP contribution in [0.25, 0.3) is 0 Å². The maximum Gasteiger partial charge on any atom is 0.239 e. The van der Waals surface area contributed by atoms with Crippen LogP contribution in [0.5, 0.6) is 0 Å². The number of likely N-dealkylation sites (N-methyl/N-ethyl adjacent to an activating group) is 1. The molecule has 0 aromatic rings. The third kappa shape index (κ3) is 4.23. The van der Waals surface area contributed by atoms with Crippen LogP contribution in [0.1, 0.15) is 26.7 Å². The van der Waals surface area contributed by atoms with E-state index in [9.17, 15) is 4.79 Å². The minimum Gasteiger partial charge on any atom is -0.385 e. The summed E-state index contributed by atoms with van der Waals surface area (Å²) in [5, 5.41) is 0. The number of nitrogens with two attached hydrogens (primary N) is 1. The normalized spacial score (nSPS) is 23.1. The van der Waals surface area contributed by atoms with Crippen LogP contribution in [-0.4, -0.2) is 67.7 Å². The van der Waals surface area contributed by atoms with Crippen molar-refractivity contribution in [2.45, 2.75) is 38.8 Å². The number of carbonyl (C=O) groups excluding carboxylic acids is 1. The lowest BCUT2D eigenvalue weighted by Gasteiger charge is -2.40. The number of amides is 1. The van der Waals surface area contributed by atoms with Crippen molar-refractivity contribution in [2.24, 2.45) is 5.73 Å². The zero-order valence-corrected chi connectivity index (χ0v) is 11.9. The van der Waals surface area contributed by atoms with Gasteiger partial charge in [-0.15, -0.1) is 0 Å². The van der Waals surface area contributed by atoms with Crippen molar-refractivity contribution in [1.82, 2.24) is 9.80 Å². The van der Waals surface area contributed by atoms with E-state index >= 15 is 0 Å². The fourth-order valence-corrected chi connectivity index (χ4v) is 2.47. The van der Waals surface area contributed by atoms with Gasteiger partial charge in [0.2, 0.25) is 5.91 Å². The summed E-state index contributed by atoms with van der Waals surface area (Å²) in [5.41, 5.74) is 5.94. The number of hydrogen-bond donors (Lipinski definition) is 1. The predicted molar refractivity (Wildman–Crippen MR) is 72.4 cm³/mol. The van der Waals surface area contributed by atoms with Gasteiger partial charge in [0.25, 0.3) is 0 Å². The highest BCUT2D eigenvalue weighted by Crippen LogP contribution is 2.11. The van der Waals surface area contributed by atoms with E-state index in [1.54, 1.807) is 7.11 Å². The molecule has 1 amide bonds. The highest BCUT2D eigenvalue weighted by molar-refractivity contribution is 5.81. The number of nitrogens with zero attached hydrogens (tertiary/aromatic N) is 2. The Hall–Kier alpha value is -0.650. The van der Waals surface area contributed by atoms with Gasteiger partial charge >= 0.3 is 0 Å². The summed E-state index contributed by atoms with van der Waals surface area (Å²) >= 11 is 0. The van der Waals surface area contributed by atoms with Gasteiger partial charge in [0.1, 0.15) is 0 Å². The summed E-state index contributed by atoms with van der Waals surface area (Å²) < 4.78 is 4.98. The first-order chi connectivity index (χ1) is 8.60. The van der Waals surface area contributed by atoms with Gasteiger partial charge in [-0.1, -0.05) is 6.92 Å². The summed E-state index contributed by atoms with van der Waals surface area (Å²) in [5.74, 6) is 0.0914. The van der Waals surface area contributed by atoms with Crippen molar-refractivity contribution in [1.29, 1.82) is 0 Å². The highest BCUT2D eigenvalue weighted by atomic mass is 16.5. The third-order valence-corrected chi connectivity index (χ3v) is 3.66. The minimum atomic E-state index is -0.375. The molecule has 0 bridgehead atoms. The van der Waals surface area contributed by atoms with Gasteiger partial charge in [0.05, 0.1) is 6.04 Å². The van der Waals surface area contributed by atoms with Crippen molar-refractivity contribution in [3.8, 4) is 0 Å². The van der Waals surface area contributed by atoms with E-state index in [-0.39, 0.29) is 11.9 Å². The zero-order valence-electron chi connectivity index (χ0n) is 11.9. The van der Waals surface area contributed by atoms with Crippen LogP contribution in [0.2, 0.25) is 0 Å². The molecule has 0 spiro atoms. The van der Waals surface area contributed by atoms with Crippen LogP contribution >= 0.6 is 0 Å². The summed E-state index contributed by atoms with van der Waals surface area (Å²) in [7, 11) is 1.67. The van der Waals surface area contributed by atoms with E-state index in [1.165, 1.54) is 0 Å². The Morgan fingerprint density at radius 1 is 1.50 bits per heavy atom. The second-order valence-corrected chi connectivity index (χ2v) is 5.00. The van der Waals surface area contributed by atoms with Gasteiger partial charge in [-0.25, -0.2) is 0 Å². The molecule has 5 heteroatoms. The highest BCUT2D eigenvalue weighted by Gasteiger charge is 2.28. The van der Waals surface area contributed by atoms with Crippen molar-refractivity contribution < 1.29 is 9.53 Å². The Morgan fingerprint density at radius 2 is 2.22 bits per heavy atom. The van der Waals surface area contributed by atoms with Crippen molar-refractivity contribution in [2.75, 3.05) is 39.9 Å². The van der Waals surface area contributed by atoms with Crippen LogP contribution in [0.4, 0.5) is 0 Å². The smallest absolute Gasteiger partial charge is 0.239 e. The summed E-state index contributed by atoms with van der Waals surface area (Å²) in [4.78, 5) is 16.5. The van der Waals surface area contributed by atoms with E-state index in [4.69, 9.17) is 10.5 Å². The maximum atomic E-state index is 12.2. The number of piperazine rings is 1. The molecular formula is C13H27N3O2. The van der Waals surface area contributed by atoms with Crippen LogP contribution in [0, 0.1) is 0 Å². The molecule has 0 radical (unpaired) electrons. The van der Waals surface area contributed by atoms with Gasteiger partial charge < -0.3 is 15.4 Å². The SMILES string of the molecule is CCN1CCN(C(=O)C(N)CCCOC)CC1C. The van der Waals surface area contributed by atoms with Crippen LogP contribution in [0.3, 0.4) is 0 Å². The maximum absolute atomic E-state index is 12.2. The van der Waals surface area contributed by atoms with Gasteiger partial charge in [-0.3, -0.25) is 9.69 Å². The van der Waals surface area contributed by atoms with Crippen molar-refractivity contribution in [3.63, 3.8) is 0 Å². The lowest BCUT2D eigenvalue weighted by molar-refractivity contribution is -0.135. The second kappa shape index (κ2) is 7.71. The minimum absolute atomic E-state index is 0.0914. The molecule has 2 atom stereocenters. The van der Waals surface area contributed by atoms with Crippen molar-refractivity contribution >= 4 is 5.91 Å². The monoisotopic (exact) mass is 257 g/mol. The number of rotatable bonds is 6. The largest absolute Gasteiger partial charge is 0.385 e. The van der Waals surface area contributed by atoms with E-state index in [1.807, 2.05) is 4.90 Å². The molecule has 1 fully saturated rings. The number of ether oxygens (including phenoxy) is 1. The van der Waals surface area contributed by atoms with Gasteiger partial charge in [-0.2, -0.15) is 0 Å². The zero-order chi connectivity index (χ0) is 13.5. The fraction of sp³-hybridized carbons (Fsp3) is 0.923. The average molecular weight is 257 g/mol. The molecule has 1 heterocycles. The second-order valence-electron chi connectivity index (χ2n) is 5.00.